The highest BCUT2D eigenvalue weighted by Crippen LogP contribution is 2.33. The summed E-state index contributed by atoms with van der Waals surface area (Å²) in [5.41, 5.74) is 3.66. The average Bonchev–Trinajstić information content (AvgIpc) is 3.40. The fourth-order valence-electron chi connectivity index (χ4n) is 3.90. The van der Waals surface area contributed by atoms with Crippen molar-refractivity contribution in [3.63, 3.8) is 0 Å². The second-order valence-electron chi connectivity index (χ2n) is 7.81. The molecule has 5 aromatic rings. The Bertz CT molecular complexity index is 1490. The maximum Gasteiger partial charge on any atom is 0.230 e. The van der Waals surface area contributed by atoms with E-state index in [0.717, 1.165) is 28.5 Å². The van der Waals surface area contributed by atoms with Gasteiger partial charge in [-0.2, -0.15) is 0 Å². The van der Waals surface area contributed by atoms with Crippen LogP contribution in [0.5, 0.6) is 0 Å². The third-order valence-corrected chi connectivity index (χ3v) is 5.65. The fraction of sp³-hybridized carbons (Fsp3) is 0.111. The van der Waals surface area contributed by atoms with Gasteiger partial charge in [0.05, 0.1) is 18.4 Å². The normalized spacial score (nSPS) is 11.2. The number of fused-ring (bicyclic) bond motifs is 2. The molecular formula is C27H20FNO4. The summed E-state index contributed by atoms with van der Waals surface area (Å²) < 4.78 is 24.7. The van der Waals surface area contributed by atoms with E-state index in [-0.39, 0.29) is 23.7 Å². The monoisotopic (exact) mass is 441 g/mol. The molecule has 164 valence electrons. The minimum Gasteiger partial charge on any atom is -0.464 e. The molecule has 2 aromatic heterocycles. The van der Waals surface area contributed by atoms with E-state index in [1.807, 2.05) is 18.2 Å². The molecule has 1 N–H and O–H groups in total. The molecule has 0 saturated heterocycles. The van der Waals surface area contributed by atoms with Gasteiger partial charge in [-0.05, 0) is 60.5 Å². The molecule has 2 heterocycles. The predicted molar refractivity (Wildman–Crippen MR) is 124 cm³/mol. The molecule has 0 unspecified atom stereocenters. The maximum atomic E-state index is 13.3. The summed E-state index contributed by atoms with van der Waals surface area (Å²) in [6, 6.07) is 18.2. The summed E-state index contributed by atoms with van der Waals surface area (Å²) in [4.78, 5) is 26.1. The van der Waals surface area contributed by atoms with Crippen molar-refractivity contribution in [1.29, 1.82) is 0 Å². The molecule has 1 amide bonds. The van der Waals surface area contributed by atoms with Crippen molar-refractivity contribution in [3.8, 4) is 0 Å². The Morgan fingerprint density at radius 1 is 0.939 bits per heavy atom. The van der Waals surface area contributed by atoms with Gasteiger partial charge in [0.1, 0.15) is 17.0 Å². The summed E-state index contributed by atoms with van der Waals surface area (Å²) in [6.07, 6.45) is 2.54. The van der Waals surface area contributed by atoms with Crippen LogP contribution in [0.1, 0.15) is 34.2 Å². The van der Waals surface area contributed by atoms with E-state index in [0.29, 0.717) is 16.7 Å². The first-order valence-corrected chi connectivity index (χ1v) is 10.6. The summed E-state index contributed by atoms with van der Waals surface area (Å²) in [6.45, 7) is 2.07. The molecule has 0 radical (unpaired) electrons. The Morgan fingerprint density at radius 2 is 1.73 bits per heavy atom. The highest BCUT2D eigenvalue weighted by molar-refractivity contribution is 6.17. The van der Waals surface area contributed by atoms with Gasteiger partial charge >= 0.3 is 0 Å². The Hall–Kier alpha value is -4.19. The van der Waals surface area contributed by atoms with Gasteiger partial charge < -0.3 is 14.2 Å². The van der Waals surface area contributed by atoms with Gasteiger partial charge in [0.25, 0.3) is 0 Å². The van der Waals surface area contributed by atoms with Crippen molar-refractivity contribution in [2.45, 2.75) is 19.8 Å². The van der Waals surface area contributed by atoms with Crippen LogP contribution in [0.15, 0.2) is 81.8 Å². The first-order chi connectivity index (χ1) is 16.0. The van der Waals surface area contributed by atoms with Crippen LogP contribution in [0.4, 0.5) is 10.1 Å². The van der Waals surface area contributed by atoms with E-state index >= 15 is 0 Å². The molecule has 0 atom stereocenters. The van der Waals surface area contributed by atoms with E-state index < -0.39 is 11.6 Å². The molecule has 0 aliphatic carbocycles. The van der Waals surface area contributed by atoms with Crippen LogP contribution in [0, 0.1) is 5.82 Å². The van der Waals surface area contributed by atoms with Crippen LogP contribution in [0.3, 0.4) is 0 Å². The van der Waals surface area contributed by atoms with Gasteiger partial charge in [-0.3, -0.25) is 9.59 Å². The largest absolute Gasteiger partial charge is 0.464 e. The quantitative estimate of drug-likeness (QED) is 0.314. The maximum absolute atomic E-state index is 13.3. The van der Waals surface area contributed by atoms with E-state index in [4.69, 9.17) is 8.83 Å². The summed E-state index contributed by atoms with van der Waals surface area (Å²) in [7, 11) is 0. The van der Waals surface area contributed by atoms with Crippen molar-refractivity contribution in [3.05, 3.63) is 101 Å². The van der Waals surface area contributed by atoms with Gasteiger partial charge in [-0.1, -0.05) is 25.1 Å². The van der Waals surface area contributed by atoms with Crippen LogP contribution in [0.25, 0.3) is 21.9 Å². The highest BCUT2D eigenvalue weighted by atomic mass is 19.1. The van der Waals surface area contributed by atoms with Gasteiger partial charge in [0.2, 0.25) is 11.7 Å². The lowest BCUT2D eigenvalue weighted by molar-refractivity contribution is -0.115. The molecular weight excluding hydrogens is 421 g/mol. The zero-order valence-corrected chi connectivity index (χ0v) is 17.9. The molecule has 33 heavy (non-hydrogen) atoms. The Morgan fingerprint density at radius 3 is 2.52 bits per heavy atom. The molecule has 0 fully saturated rings. The first kappa shape index (κ1) is 20.7. The van der Waals surface area contributed by atoms with Crippen molar-refractivity contribution < 1.29 is 22.8 Å². The van der Waals surface area contributed by atoms with Crippen LogP contribution in [-0.4, -0.2) is 11.7 Å². The molecule has 5 rings (SSSR count). The zero-order valence-electron chi connectivity index (χ0n) is 17.9. The summed E-state index contributed by atoms with van der Waals surface area (Å²) >= 11 is 0. The van der Waals surface area contributed by atoms with Crippen molar-refractivity contribution >= 4 is 39.3 Å². The number of nitrogens with one attached hydrogen (secondary N) is 1. The number of furan rings is 2. The number of anilines is 1. The number of halogens is 1. The van der Waals surface area contributed by atoms with Crippen molar-refractivity contribution in [2.75, 3.05) is 5.32 Å². The molecule has 5 nitrogen and oxygen atoms in total. The van der Waals surface area contributed by atoms with Crippen LogP contribution >= 0.6 is 0 Å². The Kier molecular flexibility index (Phi) is 5.26. The number of hydrogen-bond acceptors (Lipinski definition) is 4. The summed E-state index contributed by atoms with van der Waals surface area (Å²) in [5, 5.41) is 4.36. The first-order valence-electron chi connectivity index (χ1n) is 10.6. The Balaban J connectivity index is 1.48. The number of carbonyl (C=O) groups is 2. The molecule has 0 aliphatic heterocycles. The number of para-hydroxylation sites is 1. The number of rotatable bonds is 6. The lowest BCUT2D eigenvalue weighted by atomic mass is 10.0. The minimum absolute atomic E-state index is 0.00137. The molecule has 3 aromatic carbocycles. The van der Waals surface area contributed by atoms with E-state index in [1.54, 1.807) is 30.5 Å². The van der Waals surface area contributed by atoms with E-state index in [1.165, 1.54) is 24.3 Å². The van der Waals surface area contributed by atoms with Crippen molar-refractivity contribution in [2.24, 2.45) is 0 Å². The van der Waals surface area contributed by atoms with Gasteiger partial charge in [0, 0.05) is 21.9 Å². The van der Waals surface area contributed by atoms with Gasteiger partial charge in [0.15, 0.2) is 5.76 Å². The second kappa shape index (κ2) is 8.39. The number of carbonyl (C=O) groups excluding carboxylic acids is 2. The lowest BCUT2D eigenvalue weighted by Gasteiger charge is -2.06. The number of amides is 1. The van der Waals surface area contributed by atoms with Crippen LogP contribution in [-0.2, 0) is 17.6 Å². The third-order valence-electron chi connectivity index (χ3n) is 5.65. The molecule has 0 spiro atoms. The number of aryl methyl sites for hydroxylation is 1. The Labute approximate surface area is 188 Å². The van der Waals surface area contributed by atoms with E-state index in [2.05, 4.69) is 12.2 Å². The minimum atomic E-state index is -0.442. The SMILES string of the molecule is CCc1ccc2occ(CC(=O)Nc3c(C(=O)c4ccc(F)cc4)oc4ccccc34)c2c1. The van der Waals surface area contributed by atoms with Crippen molar-refractivity contribution in [1.82, 2.24) is 0 Å². The number of benzene rings is 3. The van der Waals surface area contributed by atoms with Gasteiger partial charge in [-0.25, -0.2) is 4.39 Å². The smallest absolute Gasteiger partial charge is 0.230 e. The number of hydrogen-bond donors (Lipinski definition) is 1. The third kappa shape index (κ3) is 3.91. The fourth-order valence-corrected chi connectivity index (χ4v) is 3.90. The van der Waals surface area contributed by atoms with Crippen LogP contribution in [0.2, 0.25) is 0 Å². The highest BCUT2D eigenvalue weighted by Gasteiger charge is 2.24. The van der Waals surface area contributed by atoms with Crippen LogP contribution < -0.4 is 5.32 Å². The number of ketones is 1. The molecule has 0 aliphatic rings. The molecule has 6 heteroatoms. The van der Waals surface area contributed by atoms with Gasteiger partial charge in [-0.15, -0.1) is 0 Å². The average molecular weight is 441 g/mol. The summed E-state index contributed by atoms with van der Waals surface area (Å²) in [5.74, 6) is -1.19. The second-order valence-corrected chi connectivity index (χ2v) is 7.81. The topological polar surface area (TPSA) is 72.5 Å². The zero-order chi connectivity index (χ0) is 22.9. The molecule has 0 bridgehead atoms. The molecule has 0 saturated carbocycles. The predicted octanol–water partition coefficient (Wildman–Crippen LogP) is 6.29. The standard InChI is InChI=1S/C27H20FNO4/c1-2-16-7-12-22-21(13-16)18(15-32-22)14-24(30)29-25-20-5-3-4-6-23(20)33-27(25)26(31)17-8-10-19(28)11-9-17/h3-13,15H,2,14H2,1H3,(H,29,30). The lowest BCUT2D eigenvalue weighted by Crippen LogP contribution is -2.16. The van der Waals surface area contributed by atoms with E-state index in [9.17, 15) is 14.0 Å².